The summed E-state index contributed by atoms with van der Waals surface area (Å²) in [6, 6.07) is 50.7. The molecule has 1 aliphatic heterocycles. The molecule has 0 radical (unpaired) electrons. The van der Waals surface area contributed by atoms with Crippen molar-refractivity contribution in [3.8, 4) is 33.8 Å². The van der Waals surface area contributed by atoms with Crippen LogP contribution < -0.4 is 9.64 Å². The SMILES string of the molecule is Cc1ccc2c(-c3cc4ccccc4c4ccccc34)c3ccccc3c(-c3ccc4c(c3)N(C)c3ccccc3O4)c2c1. The molecule has 208 valence electrons. The lowest BCUT2D eigenvalue weighted by atomic mass is 9.83. The highest BCUT2D eigenvalue weighted by molar-refractivity contribution is 6.25. The van der Waals surface area contributed by atoms with Gasteiger partial charge in [-0.3, -0.25) is 0 Å². The number of hydrogen-bond acceptors (Lipinski definition) is 2. The van der Waals surface area contributed by atoms with Crippen LogP contribution in [0.4, 0.5) is 11.4 Å². The average molecular weight is 564 g/mol. The Labute approximate surface area is 256 Å². The second-order valence-electron chi connectivity index (χ2n) is 11.8. The molecule has 9 rings (SSSR count). The van der Waals surface area contributed by atoms with Crippen molar-refractivity contribution in [1.29, 1.82) is 0 Å². The van der Waals surface area contributed by atoms with Crippen molar-refractivity contribution >= 4 is 54.5 Å². The molecule has 0 aromatic heterocycles. The zero-order valence-corrected chi connectivity index (χ0v) is 24.6. The summed E-state index contributed by atoms with van der Waals surface area (Å²) >= 11 is 0. The number of ether oxygens (including phenoxy) is 1. The Morgan fingerprint density at radius 2 is 1.09 bits per heavy atom. The summed E-state index contributed by atoms with van der Waals surface area (Å²) in [4.78, 5) is 2.24. The second kappa shape index (κ2) is 9.45. The first-order valence-electron chi connectivity index (χ1n) is 15.2. The fraction of sp³-hybridized carbons (Fsp3) is 0.0476. The molecule has 0 unspecified atom stereocenters. The van der Waals surface area contributed by atoms with Crippen LogP contribution in [0.3, 0.4) is 0 Å². The summed E-state index contributed by atoms with van der Waals surface area (Å²) < 4.78 is 6.34. The summed E-state index contributed by atoms with van der Waals surface area (Å²) in [7, 11) is 2.12. The van der Waals surface area contributed by atoms with Crippen molar-refractivity contribution in [3.05, 3.63) is 145 Å². The molecule has 0 saturated heterocycles. The number of hydrogen-bond donors (Lipinski definition) is 0. The quantitative estimate of drug-likeness (QED) is 0.153. The van der Waals surface area contributed by atoms with E-state index in [1.807, 2.05) is 12.1 Å². The van der Waals surface area contributed by atoms with Gasteiger partial charge in [-0.1, -0.05) is 115 Å². The first kappa shape index (κ1) is 24.9. The molecule has 1 heterocycles. The van der Waals surface area contributed by atoms with Crippen LogP contribution in [0.5, 0.6) is 11.5 Å². The van der Waals surface area contributed by atoms with E-state index in [0.29, 0.717) is 0 Å². The smallest absolute Gasteiger partial charge is 0.151 e. The summed E-state index contributed by atoms with van der Waals surface area (Å²) in [5.74, 6) is 1.76. The Kier molecular flexibility index (Phi) is 5.36. The lowest BCUT2D eigenvalue weighted by Gasteiger charge is -2.30. The normalized spacial score (nSPS) is 12.5. The van der Waals surface area contributed by atoms with Gasteiger partial charge in [0, 0.05) is 7.05 Å². The fourth-order valence-corrected chi connectivity index (χ4v) is 7.24. The Balaban J connectivity index is 1.38. The van der Waals surface area contributed by atoms with Gasteiger partial charge in [-0.15, -0.1) is 0 Å². The van der Waals surface area contributed by atoms with Crippen molar-refractivity contribution < 1.29 is 4.74 Å². The van der Waals surface area contributed by atoms with Gasteiger partial charge in [-0.05, 0) is 103 Å². The molecule has 0 fully saturated rings. The Morgan fingerprint density at radius 1 is 0.455 bits per heavy atom. The lowest BCUT2D eigenvalue weighted by molar-refractivity contribution is 0.475. The van der Waals surface area contributed by atoms with E-state index in [-0.39, 0.29) is 0 Å². The predicted molar refractivity (Wildman–Crippen MR) is 187 cm³/mol. The summed E-state index contributed by atoms with van der Waals surface area (Å²) in [5.41, 5.74) is 8.37. The highest BCUT2D eigenvalue weighted by Gasteiger charge is 2.24. The standard InChI is InChI=1S/C42H29NO/c1-26-19-21-34-35(23-26)41(28-20-22-40-38(25-28)43(2)37-17-9-10-18-39(37)44-40)32-15-7-8-16-33(32)42(34)36-24-27-11-3-4-12-29(27)30-13-5-6-14-31(30)36/h3-25H,1-2H3. The monoisotopic (exact) mass is 563 g/mol. The highest BCUT2D eigenvalue weighted by Crippen LogP contribution is 2.50. The van der Waals surface area contributed by atoms with E-state index in [2.05, 4.69) is 146 Å². The first-order valence-corrected chi connectivity index (χ1v) is 15.2. The fourth-order valence-electron chi connectivity index (χ4n) is 7.24. The van der Waals surface area contributed by atoms with Crippen molar-refractivity contribution in [1.82, 2.24) is 0 Å². The zero-order chi connectivity index (χ0) is 29.4. The van der Waals surface area contributed by atoms with Gasteiger partial charge in [0.2, 0.25) is 0 Å². The highest BCUT2D eigenvalue weighted by atomic mass is 16.5. The van der Waals surface area contributed by atoms with Crippen LogP contribution >= 0.6 is 0 Å². The third kappa shape index (κ3) is 3.61. The van der Waals surface area contributed by atoms with Gasteiger partial charge >= 0.3 is 0 Å². The van der Waals surface area contributed by atoms with Crippen LogP contribution in [0.2, 0.25) is 0 Å². The van der Waals surface area contributed by atoms with Gasteiger partial charge in [0.1, 0.15) is 0 Å². The van der Waals surface area contributed by atoms with Crippen molar-refractivity contribution in [2.24, 2.45) is 0 Å². The molecule has 44 heavy (non-hydrogen) atoms. The van der Waals surface area contributed by atoms with E-state index in [9.17, 15) is 0 Å². The molecular weight excluding hydrogens is 534 g/mol. The molecule has 8 aromatic rings. The molecule has 1 aliphatic rings. The first-order chi connectivity index (χ1) is 21.7. The van der Waals surface area contributed by atoms with Crippen molar-refractivity contribution in [2.75, 3.05) is 11.9 Å². The predicted octanol–water partition coefficient (Wildman–Crippen LogP) is 11.8. The zero-order valence-electron chi connectivity index (χ0n) is 24.6. The van der Waals surface area contributed by atoms with Gasteiger partial charge in [-0.2, -0.15) is 0 Å². The maximum atomic E-state index is 6.34. The largest absolute Gasteiger partial charge is 0.453 e. The van der Waals surface area contributed by atoms with Crippen LogP contribution in [0.25, 0.3) is 65.3 Å². The van der Waals surface area contributed by atoms with Crippen LogP contribution in [0.15, 0.2) is 140 Å². The topological polar surface area (TPSA) is 12.5 Å². The molecule has 0 N–H and O–H groups in total. The molecule has 0 amide bonds. The molecule has 2 nitrogen and oxygen atoms in total. The molecular formula is C42H29NO. The van der Waals surface area contributed by atoms with E-state index in [1.165, 1.54) is 70.9 Å². The van der Waals surface area contributed by atoms with Gasteiger partial charge in [0.25, 0.3) is 0 Å². The second-order valence-corrected chi connectivity index (χ2v) is 11.8. The van der Waals surface area contributed by atoms with Crippen molar-refractivity contribution in [2.45, 2.75) is 6.92 Å². The van der Waals surface area contributed by atoms with E-state index in [0.717, 1.165) is 22.9 Å². The lowest BCUT2D eigenvalue weighted by Crippen LogP contribution is -2.15. The summed E-state index contributed by atoms with van der Waals surface area (Å²) in [6.07, 6.45) is 0. The van der Waals surface area contributed by atoms with E-state index in [1.54, 1.807) is 0 Å². The number of rotatable bonds is 2. The molecule has 0 spiro atoms. The minimum atomic E-state index is 0.874. The average Bonchev–Trinajstić information content (AvgIpc) is 3.07. The number of nitrogens with zero attached hydrogens (tertiary/aromatic N) is 1. The van der Waals surface area contributed by atoms with E-state index >= 15 is 0 Å². The molecule has 0 bridgehead atoms. The Morgan fingerprint density at radius 3 is 1.93 bits per heavy atom. The van der Waals surface area contributed by atoms with Crippen LogP contribution in [0, 0.1) is 6.92 Å². The van der Waals surface area contributed by atoms with Crippen LogP contribution in [-0.2, 0) is 0 Å². The van der Waals surface area contributed by atoms with E-state index < -0.39 is 0 Å². The maximum absolute atomic E-state index is 6.34. The van der Waals surface area contributed by atoms with Crippen LogP contribution in [0.1, 0.15) is 5.56 Å². The molecule has 2 heteroatoms. The van der Waals surface area contributed by atoms with Crippen molar-refractivity contribution in [3.63, 3.8) is 0 Å². The van der Waals surface area contributed by atoms with Crippen LogP contribution in [-0.4, -0.2) is 7.05 Å². The maximum Gasteiger partial charge on any atom is 0.151 e. The number of anilines is 2. The number of aryl methyl sites for hydroxylation is 1. The van der Waals surface area contributed by atoms with E-state index in [4.69, 9.17) is 4.74 Å². The van der Waals surface area contributed by atoms with Gasteiger partial charge < -0.3 is 9.64 Å². The number of fused-ring (bicyclic) bond motifs is 7. The molecule has 8 aromatic carbocycles. The summed E-state index contributed by atoms with van der Waals surface area (Å²) in [5, 5.41) is 10.1. The minimum Gasteiger partial charge on any atom is -0.453 e. The Bertz CT molecular complexity index is 2460. The summed E-state index contributed by atoms with van der Waals surface area (Å²) in [6.45, 7) is 2.19. The third-order valence-corrected chi connectivity index (χ3v) is 9.27. The molecule has 0 aliphatic carbocycles. The number of benzene rings is 8. The minimum absolute atomic E-state index is 0.874. The Hall–Kier alpha value is -5.60. The molecule has 0 atom stereocenters. The van der Waals surface area contributed by atoms with Gasteiger partial charge in [-0.25, -0.2) is 0 Å². The molecule has 0 saturated carbocycles. The van der Waals surface area contributed by atoms with Gasteiger partial charge in [0.15, 0.2) is 11.5 Å². The third-order valence-electron chi connectivity index (χ3n) is 9.27. The van der Waals surface area contributed by atoms with Gasteiger partial charge in [0.05, 0.1) is 11.4 Å². The number of para-hydroxylation sites is 2.